The maximum Gasteiger partial charge on any atom is 0.145 e. The summed E-state index contributed by atoms with van der Waals surface area (Å²) >= 11 is 0. The molecule has 0 amide bonds. The lowest BCUT2D eigenvalue weighted by Crippen LogP contribution is -2.39. The van der Waals surface area contributed by atoms with Crippen molar-refractivity contribution < 1.29 is 0 Å². The Kier molecular flexibility index (Phi) is 8.09. The summed E-state index contributed by atoms with van der Waals surface area (Å²) in [6.07, 6.45) is 8.12. The van der Waals surface area contributed by atoms with Crippen LogP contribution in [-0.4, -0.2) is 9.55 Å². The van der Waals surface area contributed by atoms with Crippen LogP contribution in [0.15, 0.2) is 187 Å². The molecule has 7 aromatic carbocycles. The van der Waals surface area contributed by atoms with Crippen LogP contribution in [0.25, 0.3) is 60.8 Å². The molecule has 0 spiro atoms. The Hall–Kier alpha value is -6.25. The van der Waals surface area contributed by atoms with Gasteiger partial charge in [-0.1, -0.05) is 154 Å². The van der Waals surface area contributed by atoms with Gasteiger partial charge in [0.2, 0.25) is 0 Å². The minimum atomic E-state index is -0.0949. The summed E-state index contributed by atoms with van der Waals surface area (Å²) in [6.45, 7) is 7.61. The zero-order valence-corrected chi connectivity index (χ0v) is 33.7. The third kappa shape index (κ3) is 5.42. The smallest absolute Gasteiger partial charge is 0.145 e. The average molecular weight is 749 g/mol. The minimum Gasteiger partial charge on any atom is -0.292 e. The summed E-state index contributed by atoms with van der Waals surface area (Å²) in [5.41, 5.74) is 16.1. The number of hydrogen-bond acceptors (Lipinski definition) is 1. The van der Waals surface area contributed by atoms with E-state index in [2.05, 4.69) is 195 Å². The number of benzene rings is 7. The molecule has 3 aliphatic rings. The Morgan fingerprint density at radius 2 is 1.22 bits per heavy atom. The van der Waals surface area contributed by atoms with Gasteiger partial charge in [-0.25, -0.2) is 4.98 Å². The lowest BCUT2D eigenvalue weighted by molar-refractivity contribution is 0.286. The molecule has 0 radical (unpaired) electrons. The van der Waals surface area contributed by atoms with Gasteiger partial charge < -0.3 is 0 Å². The molecule has 2 heteroatoms. The Bertz CT molecular complexity index is 3010. The fourth-order valence-corrected chi connectivity index (χ4v) is 10.9. The standard InChI is InChI=1S/C56H48N2/c1-37-33-47-48(36-56(37,3)45-30-28-40(29-31-45)54-57-50-22-11-12-23-51(50)58(54)46-19-5-4-6-20-46)53(44-27-25-39-16-8-10-18-42(39)35-44)55(2)32-14-13-21-49(55)52(47)43-26-24-38-15-7-9-17-41(38)34-43/h4-12,15-31,34-35,37H,13-14,32-33,36H2,1-3H3. The van der Waals surface area contributed by atoms with E-state index in [0.717, 1.165) is 53.8 Å². The summed E-state index contributed by atoms with van der Waals surface area (Å²) < 4.78 is 2.30. The molecule has 3 aliphatic carbocycles. The zero-order valence-electron chi connectivity index (χ0n) is 33.7. The van der Waals surface area contributed by atoms with Crippen LogP contribution in [0.1, 0.15) is 69.6 Å². The van der Waals surface area contributed by atoms with Crippen molar-refractivity contribution in [3.05, 3.63) is 203 Å². The molecule has 1 saturated carbocycles. The van der Waals surface area contributed by atoms with Gasteiger partial charge in [-0.2, -0.15) is 0 Å². The predicted molar refractivity (Wildman–Crippen MR) is 244 cm³/mol. The molecule has 11 rings (SSSR count). The third-order valence-electron chi connectivity index (χ3n) is 14.2. The molecule has 3 atom stereocenters. The van der Waals surface area contributed by atoms with Crippen molar-refractivity contribution in [2.75, 3.05) is 0 Å². The monoisotopic (exact) mass is 748 g/mol. The van der Waals surface area contributed by atoms with Crippen molar-refractivity contribution in [1.82, 2.24) is 9.55 Å². The van der Waals surface area contributed by atoms with E-state index in [1.165, 1.54) is 55.8 Å². The lowest BCUT2D eigenvalue weighted by atomic mass is 9.52. The third-order valence-corrected chi connectivity index (χ3v) is 14.2. The summed E-state index contributed by atoms with van der Waals surface area (Å²) in [5, 5.41) is 5.22. The minimum absolute atomic E-state index is 0.0697. The number of nitrogens with zero attached hydrogens (tertiary/aromatic N) is 2. The molecule has 8 aromatic rings. The van der Waals surface area contributed by atoms with Crippen molar-refractivity contribution in [1.29, 1.82) is 0 Å². The van der Waals surface area contributed by atoms with Crippen LogP contribution in [0.4, 0.5) is 0 Å². The van der Waals surface area contributed by atoms with Gasteiger partial charge >= 0.3 is 0 Å². The van der Waals surface area contributed by atoms with E-state index < -0.39 is 0 Å². The molecule has 2 nitrogen and oxygen atoms in total. The quantitative estimate of drug-likeness (QED) is 0.171. The van der Waals surface area contributed by atoms with Gasteiger partial charge in [0.05, 0.1) is 11.0 Å². The number of allylic oxidation sites excluding steroid dienone is 6. The Labute approximate surface area is 341 Å². The SMILES string of the molecule is CC1CC2=C(c3ccc4ccccc4c3)C3=CCCCC3(C)C(c3ccc4ccccc4c3)=C2CC1(C)c1ccc(-c2nc3ccccc3n2-c2ccccc2)cc1. The summed E-state index contributed by atoms with van der Waals surface area (Å²) in [5.74, 6) is 1.40. The van der Waals surface area contributed by atoms with Crippen LogP contribution in [-0.2, 0) is 5.41 Å². The Morgan fingerprint density at radius 3 is 1.97 bits per heavy atom. The first-order valence-electron chi connectivity index (χ1n) is 21.2. The van der Waals surface area contributed by atoms with Crippen LogP contribution >= 0.6 is 0 Å². The predicted octanol–water partition coefficient (Wildman–Crippen LogP) is 14.7. The highest BCUT2D eigenvalue weighted by Gasteiger charge is 2.49. The zero-order chi connectivity index (χ0) is 39.0. The van der Waals surface area contributed by atoms with Gasteiger partial charge in [0.25, 0.3) is 0 Å². The second-order valence-corrected chi connectivity index (χ2v) is 17.5. The highest BCUT2D eigenvalue weighted by molar-refractivity contribution is 6.00. The highest BCUT2D eigenvalue weighted by Crippen LogP contribution is 2.63. The first-order chi connectivity index (χ1) is 28.4. The van der Waals surface area contributed by atoms with Gasteiger partial charge in [-0.3, -0.25) is 4.57 Å². The largest absolute Gasteiger partial charge is 0.292 e. The van der Waals surface area contributed by atoms with Gasteiger partial charge in [-0.05, 0) is 146 Å². The Morgan fingerprint density at radius 1 is 0.603 bits per heavy atom. The molecule has 0 N–H and O–H groups in total. The lowest BCUT2D eigenvalue weighted by Gasteiger charge is -2.51. The van der Waals surface area contributed by atoms with Crippen LogP contribution < -0.4 is 0 Å². The van der Waals surface area contributed by atoms with Crippen LogP contribution in [0, 0.1) is 11.3 Å². The molecule has 0 saturated heterocycles. The Balaban J connectivity index is 1.09. The van der Waals surface area contributed by atoms with Crippen molar-refractivity contribution in [2.45, 2.75) is 58.3 Å². The molecule has 282 valence electrons. The van der Waals surface area contributed by atoms with Gasteiger partial charge in [0, 0.05) is 16.7 Å². The summed E-state index contributed by atoms with van der Waals surface area (Å²) in [6, 6.07) is 60.7. The first-order valence-corrected chi connectivity index (χ1v) is 21.2. The van der Waals surface area contributed by atoms with E-state index in [1.54, 1.807) is 16.7 Å². The fourth-order valence-electron chi connectivity index (χ4n) is 10.9. The second-order valence-electron chi connectivity index (χ2n) is 17.5. The van der Waals surface area contributed by atoms with Crippen LogP contribution in [0.3, 0.4) is 0 Å². The highest BCUT2D eigenvalue weighted by atomic mass is 15.1. The van der Waals surface area contributed by atoms with Crippen molar-refractivity contribution in [3.63, 3.8) is 0 Å². The molecule has 1 aromatic heterocycles. The first kappa shape index (κ1) is 35.0. The normalized spacial score (nSPS) is 22.0. The van der Waals surface area contributed by atoms with Gasteiger partial charge in [0.15, 0.2) is 0 Å². The summed E-state index contributed by atoms with van der Waals surface area (Å²) in [7, 11) is 0. The van der Waals surface area contributed by atoms with Gasteiger partial charge in [0.1, 0.15) is 5.82 Å². The fraction of sp³-hybridized carbons (Fsp3) is 0.196. The molecular formula is C56H48N2. The molecule has 0 bridgehead atoms. The second kappa shape index (κ2) is 13.4. The number of para-hydroxylation sites is 3. The summed E-state index contributed by atoms with van der Waals surface area (Å²) in [4.78, 5) is 5.20. The number of rotatable bonds is 5. The van der Waals surface area contributed by atoms with Crippen LogP contribution in [0.5, 0.6) is 0 Å². The molecule has 0 aliphatic heterocycles. The van der Waals surface area contributed by atoms with E-state index in [0.29, 0.717) is 5.92 Å². The van der Waals surface area contributed by atoms with E-state index in [4.69, 9.17) is 4.98 Å². The maximum absolute atomic E-state index is 5.20. The number of imidazole rings is 1. The van der Waals surface area contributed by atoms with Crippen LogP contribution in [0.2, 0.25) is 0 Å². The molecule has 58 heavy (non-hydrogen) atoms. The average Bonchev–Trinajstić information content (AvgIpc) is 3.66. The topological polar surface area (TPSA) is 17.8 Å². The van der Waals surface area contributed by atoms with Crippen molar-refractivity contribution in [2.24, 2.45) is 11.3 Å². The van der Waals surface area contributed by atoms with Gasteiger partial charge in [-0.15, -0.1) is 0 Å². The van der Waals surface area contributed by atoms with E-state index >= 15 is 0 Å². The molecule has 1 heterocycles. The number of fused-ring (bicyclic) bond motifs is 5. The number of hydrogen-bond donors (Lipinski definition) is 0. The molecule has 1 fully saturated rings. The van der Waals surface area contributed by atoms with E-state index in [1.807, 2.05) is 0 Å². The van der Waals surface area contributed by atoms with Crippen molar-refractivity contribution >= 4 is 43.7 Å². The number of aromatic nitrogens is 2. The van der Waals surface area contributed by atoms with E-state index in [9.17, 15) is 0 Å². The van der Waals surface area contributed by atoms with Crippen molar-refractivity contribution in [3.8, 4) is 17.1 Å². The van der Waals surface area contributed by atoms with E-state index in [-0.39, 0.29) is 10.8 Å². The maximum atomic E-state index is 5.20. The molecule has 3 unspecified atom stereocenters. The molecular weight excluding hydrogens is 701 g/mol.